The number of hydrazone groups is 1. The third-order valence-corrected chi connectivity index (χ3v) is 5.04. The number of hydrogen-bond donors (Lipinski definition) is 1. The lowest BCUT2D eigenvalue weighted by Gasteiger charge is -2.09. The minimum Gasteiger partial charge on any atom is -0.488 e. The van der Waals surface area contributed by atoms with Crippen LogP contribution < -0.4 is 10.2 Å². The number of halogens is 4. The summed E-state index contributed by atoms with van der Waals surface area (Å²) in [5.41, 5.74) is 1.55. The van der Waals surface area contributed by atoms with Crippen molar-refractivity contribution in [1.82, 2.24) is 0 Å². The van der Waals surface area contributed by atoms with E-state index < -0.39 is 27.3 Å². The summed E-state index contributed by atoms with van der Waals surface area (Å²) in [4.78, 5) is 20.4. The molecular weight excluding hydrogens is 525 g/mol. The molecule has 0 aromatic heterocycles. The fourth-order valence-electron chi connectivity index (χ4n) is 2.72. The average molecular weight is 539 g/mol. The van der Waals surface area contributed by atoms with E-state index in [-0.39, 0.29) is 18.0 Å². The maximum absolute atomic E-state index is 12.8. The van der Waals surface area contributed by atoms with Gasteiger partial charge in [-0.2, -0.15) is 18.3 Å². The van der Waals surface area contributed by atoms with Crippen molar-refractivity contribution in [1.29, 1.82) is 0 Å². The van der Waals surface area contributed by atoms with Crippen LogP contribution in [0, 0.1) is 20.2 Å². The highest BCUT2D eigenvalue weighted by Crippen LogP contribution is 2.35. The zero-order valence-corrected chi connectivity index (χ0v) is 18.5. The standard InChI is InChI=1S/C21H14BrF3N4O5/c22-17-9-14(3-8-20(17)34-12-13-1-5-16(6-2-13)28(30)31)11-26-27-18-7-4-15(21(23,24)25)10-19(18)29(32)33/h1-11,27H,12H2/b26-11-. The van der Waals surface area contributed by atoms with E-state index in [2.05, 4.69) is 26.5 Å². The molecule has 176 valence electrons. The molecule has 0 radical (unpaired) electrons. The Kier molecular flexibility index (Phi) is 7.46. The van der Waals surface area contributed by atoms with Crippen molar-refractivity contribution in [3.8, 4) is 5.75 Å². The Bertz CT molecular complexity index is 1250. The van der Waals surface area contributed by atoms with E-state index in [9.17, 15) is 33.4 Å². The van der Waals surface area contributed by atoms with Crippen molar-refractivity contribution in [3.05, 3.63) is 102 Å². The Balaban J connectivity index is 1.65. The summed E-state index contributed by atoms with van der Waals surface area (Å²) in [6, 6.07) is 12.9. The first-order valence-electron chi connectivity index (χ1n) is 9.35. The van der Waals surface area contributed by atoms with E-state index in [1.807, 2.05) is 0 Å². The van der Waals surface area contributed by atoms with Gasteiger partial charge in [-0.15, -0.1) is 0 Å². The monoisotopic (exact) mass is 538 g/mol. The van der Waals surface area contributed by atoms with Gasteiger partial charge >= 0.3 is 6.18 Å². The minimum atomic E-state index is -4.71. The highest BCUT2D eigenvalue weighted by Gasteiger charge is 2.33. The molecule has 34 heavy (non-hydrogen) atoms. The summed E-state index contributed by atoms with van der Waals surface area (Å²) in [5.74, 6) is 0.488. The maximum atomic E-state index is 12.8. The van der Waals surface area contributed by atoms with Gasteiger partial charge in [0.25, 0.3) is 11.4 Å². The van der Waals surface area contributed by atoms with Crippen LogP contribution in [0.25, 0.3) is 0 Å². The van der Waals surface area contributed by atoms with Gasteiger partial charge < -0.3 is 4.74 Å². The molecule has 1 N–H and O–H groups in total. The molecule has 0 amide bonds. The third-order valence-electron chi connectivity index (χ3n) is 4.42. The van der Waals surface area contributed by atoms with E-state index >= 15 is 0 Å². The molecule has 0 unspecified atom stereocenters. The Morgan fingerprint density at radius 1 is 1.00 bits per heavy atom. The van der Waals surface area contributed by atoms with Crippen molar-refractivity contribution < 1.29 is 27.8 Å². The number of hydrogen-bond acceptors (Lipinski definition) is 7. The highest BCUT2D eigenvalue weighted by molar-refractivity contribution is 9.10. The van der Waals surface area contributed by atoms with E-state index in [1.165, 1.54) is 18.3 Å². The van der Waals surface area contributed by atoms with Crippen LogP contribution in [0.2, 0.25) is 0 Å². The Labute approximate surface area is 198 Å². The topological polar surface area (TPSA) is 120 Å². The number of alkyl halides is 3. The molecule has 9 nitrogen and oxygen atoms in total. The molecule has 13 heteroatoms. The minimum absolute atomic E-state index is 0.0243. The summed E-state index contributed by atoms with van der Waals surface area (Å²) in [6.45, 7) is 0.170. The molecule has 0 saturated heterocycles. The van der Waals surface area contributed by atoms with Crippen LogP contribution in [0.4, 0.5) is 30.2 Å². The Hall–Kier alpha value is -4.00. The van der Waals surface area contributed by atoms with Crippen molar-refractivity contribution >= 4 is 39.2 Å². The summed E-state index contributed by atoms with van der Waals surface area (Å²) in [6.07, 6.45) is -3.38. The van der Waals surface area contributed by atoms with Gasteiger partial charge in [-0.3, -0.25) is 25.7 Å². The number of nitrogens with zero attached hydrogens (tertiary/aromatic N) is 3. The van der Waals surface area contributed by atoms with Crippen LogP contribution >= 0.6 is 15.9 Å². The van der Waals surface area contributed by atoms with E-state index in [0.717, 1.165) is 17.7 Å². The van der Waals surface area contributed by atoms with Gasteiger partial charge in [-0.25, -0.2) is 0 Å². The number of non-ortho nitro benzene ring substituents is 1. The second kappa shape index (κ2) is 10.3. The van der Waals surface area contributed by atoms with Gasteiger partial charge in [0, 0.05) is 18.2 Å². The SMILES string of the molecule is O=[N+]([O-])c1ccc(COc2ccc(/C=N\Nc3ccc(C(F)(F)F)cc3[N+](=O)[O-])cc2Br)cc1. The van der Waals surface area contributed by atoms with E-state index in [1.54, 1.807) is 30.3 Å². The number of rotatable bonds is 8. The molecule has 0 aliphatic rings. The lowest BCUT2D eigenvalue weighted by molar-refractivity contribution is -0.384. The fourth-order valence-corrected chi connectivity index (χ4v) is 3.23. The molecule has 0 saturated carbocycles. The molecule has 0 atom stereocenters. The number of benzene rings is 3. The highest BCUT2D eigenvalue weighted by atomic mass is 79.9. The van der Waals surface area contributed by atoms with Crippen molar-refractivity contribution in [2.45, 2.75) is 12.8 Å². The first-order chi connectivity index (χ1) is 16.0. The van der Waals surface area contributed by atoms with Crippen LogP contribution in [-0.4, -0.2) is 16.1 Å². The quantitative estimate of drug-likeness (QED) is 0.204. The van der Waals surface area contributed by atoms with Gasteiger partial charge in [0.05, 0.1) is 26.1 Å². The number of anilines is 1. The first-order valence-corrected chi connectivity index (χ1v) is 10.1. The van der Waals surface area contributed by atoms with Gasteiger partial charge in [0.15, 0.2) is 0 Å². The lowest BCUT2D eigenvalue weighted by Crippen LogP contribution is -2.06. The molecular formula is C21H14BrF3N4O5. The van der Waals surface area contributed by atoms with Crippen LogP contribution in [0.1, 0.15) is 16.7 Å². The molecule has 3 aromatic carbocycles. The molecule has 0 bridgehead atoms. The van der Waals surface area contributed by atoms with Gasteiger partial charge in [-0.1, -0.05) is 0 Å². The molecule has 0 heterocycles. The Morgan fingerprint density at radius 3 is 2.29 bits per heavy atom. The zero-order chi connectivity index (χ0) is 24.9. The van der Waals surface area contributed by atoms with Crippen molar-refractivity contribution in [2.24, 2.45) is 5.10 Å². The smallest absolute Gasteiger partial charge is 0.416 e. The second-order valence-corrected chi connectivity index (χ2v) is 7.61. The van der Waals surface area contributed by atoms with Gasteiger partial charge in [-0.05, 0) is 69.5 Å². The largest absolute Gasteiger partial charge is 0.488 e. The van der Waals surface area contributed by atoms with E-state index in [0.29, 0.717) is 21.9 Å². The second-order valence-electron chi connectivity index (χ2n) is 6.76. The van der Waals surface area contributed by atoms with Crippen LogP contribution in [0.3, 0.4) is 0 Å². The number of nitro groups is 2. The van der Waals surface area contributed by atoms with Gasteiger partial charge in [0.1, 0.15) is 18.0 Å². The number of nitro benzene ring substituents is 2. The Morgan fingerprint density at radius 2 is 1.71 bits per heavy atom. The molecule has 0 fully saturated rings. The van der Waals surface area contributed by atoms with Crippen LogP contribution in [0.15, 0.2) is 70.2 Å². The molecule has 0 aliphatic heterocycles. The predicted molar refractivity (Wildman–Crippen MR) is 121 cm³/mol. The average Bonchev–Trinajstić information content (AvgIpc) is 2.78. The van der Waals surface area contributed by atoms with Crippen molar-refractivity contribution in [2.75, 3.05) is 5.43 Å². The third kappa shape index (κ3) is 6.28. The summed E-state index contributed by atoms with van der Waals surface area (Å²) >= 11 is 3.35. The fraction of sp³-hybridized carbons (Fsp3) is 0.0952. The van der Waals surface area contributed by atoms with Crippen LogP contribution in [-0.2, 0) is 12.8 Å². The normalized spacial score (nSPS) is 11.4. The molecule has 3 aromatic rings. The van der Waals surface area contributed by atoms with Gasteiger partial charge in [0.2, 0.25) is 0 Å². The summed E-state index contributed by atoms with van der Waals surface area (Å²) in [5, 5.41) is 25.7. The number of ether oxygens (including phenoxy) is 1. The molecule has 3 rings (SSSR count). The first kappa shape index (κ1) is 24.6. The summed E-state index contributed by atoms with van der Waals surface area (Å²) < 4.78 is 44.6. The van der Waals surface area contributed by atoms with Crippen LogP contribution in [0.5, 0.6) is 5.75 Å². The van der Waals surface area contributed by atoms with Crippen molar-refractivity contribution in [3.63, 3.8) is 0 Å². The number of nitrogens with one attached hydrogen (secondary N) is 1. The summed E-state index contributed by atoms with van der Waals surface area (Å²) in [7, 11) is 0. The molecule has 0 spiro atoms. The molecule has 0 aliphatic carbocycles. The maximum Gasteiger partial charge on any atom is 0.416 e. The van der Waals surface area contributed by atoms with E-state index in [4.69, 9.17) is 4.74 Å². The predicted octanol–water partition coefficient (Wildman–Crippen LogP) is 6.31. The zero-order valence-electron chi connectivity index (χ0n) is 17.0. The lowest BCUT2D eigenvalue weighted by atomic mass is 10.1.